The maximum atomic E-state index is 12.9. The van der Waals surface area contributed by atoms with E-state index in [-0.39, 0.29) is 18.4 Å². The summed E-state index contributed by atoms with van der Waals surface area (Å²) in [5, 5.41) is 10.4. The Morgan fingerprint density at radius 1 is 0.892 bits per heavy atom. The molecule has 1 heterocycles. The van der Waals surface area contributed by atoms with Crippen LogP contribution in [0.2, 0.25) is 0 Å². The van der Waals surface area contributed by atoms with Crippen LogP contribution in [0, 0.1) is 13.8 Å². The molecule has 4 aromatic rings. The quantitative estimate of drug-likeness (QED) is 0.256. The smallest absolute Gasteiger partial charge is 0.251 e. The summed E-state index contributed by atoms with van der Waals surface area (Å²) in [6.07, 6.45) is 4.54. The molecule has 37 heavy (non-hydrogen) atoms. The summed E-state index contributed by atoms with van der Waals surface area (Å²) in [5.41, 5.74) is 6.54. The second-order valence-electron chi connectivity index (χ2n) is 9.37. The molecule has 6 nitrogen and oxygen atoms in total. The zero-order valence-electron chi connectivity index (χ0n) is 21.8. The normalized spacial score (nSPS) is 10.8. The van der Waals surface area contributed by atoms with Gasteiger partial charge in [-0.3, -0.25) is 9.59 Å². The number of anilines is 1. The van der Waals surface area contributed by atoms with Crippen molar-refractivity contribution in [3.05, 3.63) is 101 Å². The SMILES string of the molecule is CCCCCc1ccc(C(=O)NCC(=O)Nc2cc(-c3ccccc3)nn2-c2ccc(C)cc2C)cc1. The molecule has 6 heteroatoms. The summed E-state index contributed by atoms with van der Waals surface area (Å²) in [6.45, 7) is 6.10. The lowest BCUT2D eigenvalue weighted by Gasteiger charge is -2.12. The summed E-state index contributed by atoms with van der Waals surface area (Å²) in [4.78, 5) is 25.5. The first-order chi connectivity index (χ1) is 17.9. The molecule has 2 N–H and O–H groups in total. The van der Waals surface area contributed by atoms with Crippen molar-refractivity contribution in [3.8, 4) is 16.9 Å². The van der Waals surface area contributed by atoms with Gasteiger partial charge in [-0.05, 0) is 56.0 Å². The van der Waals surface area contributed by atoms with Crippen molar-refractivity contribution in [2.24, 2.45) is 0 Å². The molecule has 0 aliphatic carbocycles. The van der Waals surface area contributed by atoms with Gasteiger partial charge in [-0.2, -0.15) is 5.10 Å². The molecule has 0 aliphatic heterocycles. The Labute approximate surface area is 218 Å². The number of rotatable bonds is 10. The zero-order chi connectivity index (χ0) is 26.2. The average molecular weight is 495 g/mol. The van der Waals surface area contributed by atoms with Gasteiger partial charge in [0, 0.05) is 17.2 Å². The van der Waals surface area contributed by atoms with Crippen molar-refractivity contribution in [1.82, 2.24) is 15.1 Å². The highest BCUT2D eigenvalue weighted by Gasteiger charge is 2.16. The molecule has 3 aromatic carbocycles. The fraction of sp³-hybridized carbons (Fsp3) is 0.258. The number of nitrogens with one attached hydrogen (secondary N) is 2. The maximum Gasteiger partial charge on any atom is 0.251 e. The first-order valence-corrected chi connectivity index (χ1v) is 12.8. The predicted octanol–water partition coefficient (Wildman–Crippen LogP) is 6.26. The van der Waals surface area contributed by atoms with Crippen molar-refractivity contribution >= 4 is 17.6 Å². The number of carbonyl (C=O) groups excluding carboxylic acids is 2. The topological polar surface area (TPSA) is 76.0 Å². The lowest BCUT2D eigenvalue weighted by atomic mass is 10.1. The van der Waals surface area contributed by atoms with Gasteiger partial charge in [-0.15, -0.1) is 0 Å². The largest absolute Gasteiger partial charge is 0.343 e. The van der Waals surface area contributed by atoms with E-state index in [1.54, 1.807) is 4.68 Å². The van der Waals surface area contributed by atoms with Gasteiger partial charge in [-0.1, -0.05) is 79.9 Å². The van der Waals surface area contributed by atoms with Crippen LogP contribution in [-0.4, -0.2) is 28.1 Å². The van der Waals surface area contributed by atoms with E-state index in [1.165, 1.54) is 18.4 Å². The number of hydrogen-bond donors (Lipinski definition) is 2. The van der Waals surface area contributed by atoms with Crippen molar-refractivity contribution in [1.29, 1.82) is 0 Å². The number of nitrogens with zero attached hydrogens (tertiary/aromatic N) is 2. The van der Waals surface area contributed by atoms with E-state index in [4.69, 9.17) is 5.10 Å². The highest BCUT2D eigenvalue weighted by molar-refractivity contribution is 5.99. The van der Waals surface area contributed by atoms with Gasteiger partial charge in [0.05, 0.1) is 17.9 Å². The average Bonchev–Trinajstić information content (AvgIpc) is 3.31. The van der Waals surface area contributed by atoms with Crippen LogP contribution >= 0.6 is 0 Å². The fourth-order valence-corrected chi connectivity index (χ4v) is 4.30. The Hall–Kier alpha value is -4.19. The Morgan fingerprint density at radius 3 is 2.35 bits per heavy atom. The van der Waals surface area contributed by atoms with Crippen LogP contribution in [0.3, 0.4) is 0 Å². The summed E-state index contributed by atoms with van der Waals surface area (Å²) in [7, 11) is 0. The van der Waals surface area contributed by atoms with Crippen LogP contribution in [0.15, 0.2) is 78.9 Å². The van der Waals surface area contributed by atoms with E-state index in [9.17, 15) is 9.59 Å². The Balaban J connectivity index is 1.46. The minimum absolute atomic E-state index is 0.143. The van der Waals surface area contributed by atoms with Gasteiger partial charge < -0.3 is 10.6 Å². The predicted molar refractivity (Wildman–Crippen MR) is 149 cm³/mol. The lowest BCUT2D eigenvalue weighted by molar-refractivity contribution is -0.115. The van der Waals surface area contributed by atoms with Gasteiger partial charge in [0.1, 0.15) is 5.82 Å². The van der Waals surface area contributed by atoms with E-state index >= 15 is 0 Å². The molecule has 1 aromatic heterocycles. The monoisotopic (exact) mass is 494 g/mol. The second kappa shape index (κ2) is 12.2. The van der Waals surface area contributed by atoms with E-state index in [2.05, 4.69) is 23.6 Å². The van der Waals surface area contributed by atoms with E-state index in [1.807, 2.05) is 86.6 Å². The molecule has 190 valence electrons. The number of aryl methyl sites for hydroxylation is 3. The molecule has 0 saturated heterocycles. The van der Waals surface area contributed by atoms with Crippen LogP contribution < -0.4 is 10.6 Å². The fourth-order valence-electron chi connectivity index (χ4n) is 4.30. The lowest BCUT2D eigenvalue weighted by Crippen LogP contribution is -2.33. The van der Waals surface area contributed by atoms with Gasteiger partial charge in [0.2, 0.25) is 5.91 Å². The van der Waals surface area contributed by atoms with Crippen LogP contribution in [0.5, 0.6) is 0 Å². The van der Waals surface area contributed by atoms with E-state index in [0.717, 1.165) is 40.9 Å². The number of benzene rings is 3. The molecule has 0 fully saturated rings. The molecule has 4 rings (SSSR count). The van der Waals surface area contributed by atoms with E-state index in [0.29, 0.717) is 11.4 Å². The molecule has 2 amide bonds. The number of hydrogen-bond acceptors (Lipinski definition) is 3. The van der Waals surface area contributed by atoms with Gasteiger partial charge in [0.25, 0.3) is 5.91 Å². The first-order valence-electron chi connectivity index (χ1n) is 12.8. The molecule has 0 radical (unpaired) electrons. The third-order valence-electron chi connectivity index (χ3n) is 6.32. The maximum absolute atomic E-state index is 12.9. The molecule has 0 bridgehead atoms. The third-order valence-corrected chi connectivity index (χ3v) is 6.32. The number of amides is 2. The molecular formula is C31H34N4O2. The third kappa shape index (κ3) is 6.73. The summed E-state index contributed by atoms with van der Waals surface area (Å²) >= 11 is 0. The molecule has 0 unspecified atom stereocenters. The molecule has 0 spiro atoms. The van der Waals surface area contributed by atoms with Crippen molar-refractivity contribution in [2.75, 3.05) is 11.9 Å². The summed E-state index contributed by atoms with van der Waals surface area (Å²) in [6, 6.07) is 25.4. The molecular weight excluding hydrogens is 460 g/mol. The minimum atomic E-state index is -0.324. The highest BCUT2D eigenvalue weighted by Crippen LogP contribution is 2.26. The van der Waals surface area contributed by atoms with E-state index < -0.39 is 0 Å². The Kier molecular flexibility index (Phi) is 8.52. The van der Waals surface area contributed by atoms with Gasteiger partial charge >= 0.3 is 0 Å². The Morgan fingerprint density at radius 2 is 1.65 bits per heavy atom. The van der Waals surface area contributed by atoms with Crippen LogP contribution in [0.25, 0.3) is 16.9 Å². The van der Waals surface area contributed by atoms with Crippen molar-refractivity contribution in [2.45, 2.75) is 46.5 Å². The molecule has 0 atom stereocenters. The minimum Gasteiger partial charge on any atom is -0.343 e. The van der Waals surface area contributed by atoms with Crippen LogP contribution in [0.1, 0.15) is 53.2 Å². The summed E-state index contributed by atoms with van der Waals surface area (Å²) < 4.78 is 1.74. The summed E-state index contributed by atoms with van der Waals surface area (Å²) in [5.74, 6) is -0.0559. The molecule has 0 saturated carbocycles. The van der Waals surface area contributed by atoms with Crippen molar-refractivity contribution < 1.29 is 9.59 Å². The second-order valence-corrected chi connectivity index (χ2v) is 9.37. The van der Waals surface area contributed by atoms with Gasteiger partial charge in [0.15, 0.2) is 0 Å². The van der Waals surface area contributed by atoms with Crippen LogP contribution in [0.4, 0.5) is 5.82 Å². The molecule has 0 aliphatic rings. The van der Waals surface area contributed by atoms with Gasteiger partial charge in [-0.25, -0.2) is 4.68 Å². The number of carbonyl (C=O) groups is 2. The zero-order valence-corrected chi connectivity index (χ0v) is 21.8. The first kappa shape index (κ1) is 25.9. The van der Waals surface area contributed by atoms with Crippen LogP contribution in [-0.2, 0) is 11.2 Å². The Bertz CT molecular complexity index is 1360. The number of aromatic nitrogens is 2. The highest BCUT2D eigenvalue weighted by atomic mass is 16.2. The van der Waals surface area contributed by atoms with Crippen molar-refractivity contribution in [3.63, 3.8) is 0 Å². The standard InChI is InChI=1S/C31H34N4O2/c1-4-5-7-10-24-14-16-26(17-15-24)31(37)32-21-30(36)33-29-20-27(25-11-8-6-9-12-25)34-35(29)28-18-13-22(2)19-23(28)3/h6,8-9,11-20H,4-5,7,10,21H2,1-3H3,(H,32,37)(H,33,36). The number of unbranched alkanes of at least 4 members (excludes halogenated alkanes) is 2.